The predicted molar refractivity (Wildman–Crippen MR) is 97.2 cm³/mol. The van der Waals surface area contributed by atoms with Crippen LogP contribution in [0.25, 0.3) is 5.52 Å². The molecule has 1 aromatic carbocycles. The third kappa shape index (κ3) is 2.44. The molecule has 0 saturated carbocycles. The largest absolute Gasteiger partial charge is 0.330 e. The lowest BCUT2D eigenvalue weighted by Gasteiger charge is -2.38. The molecule has 2 unspecified atom stereocenters. The van der Waals surface area contributed by atoms with Crippen molar-refractivity contribution in [3.63, 3.8) is 0 Å². The Hall–Kier alpha value is -2.14. The summed E-state index contributed by atoms with van der Waals surface area (Å²) >= 11 is 3.43. The van der Waals surface area contributed by atoms with Crippen LogP contribution in [0.15, 0.2) is 53.1 Å². The van der Waals surface area contributed by atoms with Crippen molar-refractivity contribution in [1.82, 2.24) is 14.5 Å². The van der Waals surface area contributed by atoms with Crippen molar-refractivity contribution in [2.24, 2.45) is 0 Å². The molecular formula is C19H18BrN3O. The van der Waals surface area contributed by atoms with E-state index in [0.717, 1.165) is 9.99 Å². The van der Waals surface area contributed by atoms with Crippen LogP contribution in [-0.2, 0) is 0 Å². The summed E-state index contributed by atoms with van der Waals surface area (Å²) in [5.74, 6) is 0.316. The Morgan fingerprint density at radius 3 is 2.71 bits per heavy atom. The molecule has 24 heavy (non-hydrogen) atoms. The van der Waals surface area contributed by atoms with Gasteiger partial charge in [0.25, 0.3) is 5.91 Å². The smallest absolute Gasteiger partial charge is 0.274 e. The summed E-state index contributed by atoms with van der Waals surface area (Å²) in [7, 11) is 0. The number of benzene rings is 1. The average molecular weight is 384 g/mol. The lowest BCUT2D eigenvalue weighted by molar-refractivity contribution is 0.0653. The second-order valence-corrected chi connectivity index (χ2v) is 7.33. The van der Waals surface area contributed by atoms with Crippen molar-refractivity contribution in [3.8, 4) is 0 Å². The number of carbonyl (C=O) groups is 1. The SMILES string of the molecule is CC1CN(C(=O)c2cc3ccc(Br)cn3n2)C(C)c2ccccc21. The van der Waals surface area contributed by atoms with E-state index in [1.165, 1.54) is 11.1 Å². The normalized spacial score (nSPS) is 20.2. The van der Waals surface area contributed by atoms with E-state index < -0.39 is 0 Å². The highest BCUT2D eigenvalue weighted by molar-refractivity contribution is 9.10. The van der Waals surface area contributed by atoms with Crippen LogP contribution in [0, 0.1) is 0 Å². The van der Waals surface area contributed by atoms with Gasteiger partial charge in [0.05, 0.1) is 11.6 Å². The lowest BCUT2D eigenvalue weighted by atomic mass is 9.86. The Morgan fingerprint density at radius 1 is 1.17 bits per heavy atom. The number of halogens is 1. The van der Waals surface area contributed by atoms with Gasteiger partial charge in [0, 0.05) is 17.2 Å². The van der Waals surface area contributed by atoms with Crippen molar-refractivity contribution >= 4 is 27.4 Å². The van der Waals surface area contributed by atoms with Gasteiger partial charge in [-0.1, -0.05) is 31.2 Å². The average Bonchev–Trinajstić information content (AvgIpc) is 3.00. The van der Waals surface area contributed by atoms with Gasteiger partial charge in [0.2, 0.25) is 0 Å². The Balaban J connectivity index is 1.71. The molecule has 1 aliphatic heterocycles. The number of hydrogen-bond donors (Lipinski definition) is 0. The molecule has 0 N–H and O–H groups in total. The lowest BCUT2D eigenvalue weighted by Crippen LogP contribution is -2.40. The molecule has 1 aliphatic rings. The second-order valence-electron chi connectivity index (χ2n) is 6.41. The van der Waals surface area contributed by atoms with E-state index in [1.807, 2.05) is 35.4 Å². The van der Waals surface area contributed by atoms with Crippen molar-refractivity contribution in [1.29, 1.82) is 0 Å². The molecule has 2 aromatic heterocycles. The van der Waals surface area contributed by atoms with E-state index in [0.29, 0.717) is 18.2 Å². The van der Waals surface area contributed by atoms with Crippen molar-refractivity contribution in [2.45, 2.75) is 25.8 Å². The minimum absolute atomic E-state index is 0.0105. The molecule has 3 heterocycles. The van der Waals surface area contributed by atoms with Crippen LogP contribution in [0.2, 0.25) is 0 Å². The molecule has 0 spiro atoms. The van der Waals surface area contributed by atoms with Gasteiger partial charge >= 0.3 is 0 Å². The molecule has 3 aromatic rings. The second kappa shape index (κ2) is 5.74. The zero-order valence-electron chi connectivity index (χ0n) is 13.6. The molecule has 0 fully saturated rings. The number of rotatable bonds is 1. The molecule has 1 amide bonds. The van der Waals surface area contributed by atoms with E-state index in [9.17, 15) is 4.79 Å². The highest BCUT2D eigenvalue weighted by atomic mass is 79.9. The predicted octanol–water partition coefficient (Wildman–Crippen LogP) is 4.42. The number of carbonyl (C=O) groups excluding carboxylic acids is 1. The van der Waals surface area contributed by atoms with Gasteiger partial charge in [0.15, 0.2) is 5.69 Å². The summed E-state index contributed by atoms with van der Waals surface area (Å²) in [5.41, 5.74) is 3.98. The van der Waals surface area contributed by atoms with E-state index in [1.54, 1.807) is 4.52 Å². The molecule has 5 heteroatoms. The fourth-order valence-electron chi connectivity index (χ4n) is 3.53. The maximum absolute atomic E-state index is 13.1. The standard InChI is InChI=1S/C19H18BrN3O/c1-12-10-22(13(2)17-6-4-3-5-16(12)17)19(24)18-9-15-8-7-14(20)11-23(15)21-18/h3-9,11-13H,10H2,1-2H3. The zero-order valence-corrected chi connectivity index (χ0v) is 15.2. The van der Waals surface area contributed by atoms with E-state index in [2.05, 4.69) is 53.1 Å². The third-order valence-corrected chi connectivity index (χ3v) is 5.29. The number of aromatic nitrogens is 2. The topological polar surface area (TPSA) is 37.6 Å². The van der Waals surface area contributed by atoms with Crippen molar-refractivity contribution in [3.05, 3.63) is 70.0 Å². The first-order valence-electron chi connectivity index (χ1n) is 8.09. The molecule has 0 bridgehead atoms. The minimum atomic E-state index is -0.0105. The molecular weight excluding hydrogens is 366 g/mol. The number of fused-ring (bicyclic) bond motifs is 2. The summed E-state index contributed by atoms with van der Waals surface area (Å²) in [6.07, 6.45) is 1.86. The monoisotopic (exact) mass is 383 g/mol. The summed E-state index contributed by atoms with van der Waals surface area (Å²) < 4.78 is 2.68. The van der Waals surface area contributed by atoms with Crippen LogP contribution < -0.4 is 0 Å². The first kappa shape index (κ1) is 15.4. The van der Waals surface area contributed by atoms with Crippen LogP contribution in [0.4, 0.5) is 0 Å². The summed E-state index contributed by atoms with van der Waals surface area (Å²) in [6, 6.07) is 14.2. The molecule has 2 atom stereocenters. The Labute approximate surface area is 149 Å². The molecule has 122 valence electrons. The molecule has 0 radical (unpaired) electrons. The maximum Gasteiger partial charge on any atom is 0.274 e. The number of hydrogen-bond acceptors (Lipinski definition) is 2. The quantitative estimate of drug-likeness (QED) is 0.623. The van der Waals surface area contributed by atoms with Gasteiger partial charge in [-0.3, -0.25) is 4.79 Å². The number of pyridine rings is 1. The van der Waals surface area contributed by atoms with Gasteiger partial charge in [-0.2, -0.15) is 5.10 Å². The van der Waals surface area contributed by atoms with Gasteiger partial charge in [-0.25, -0.2) is 4.52 Å². The molecule has 0 aliphatic carbocycles. The molecule has 4 rings (SSSR count). The Kier molecular flexibility index (Phi) is 3.68. The number of amides is 1. The molecule has 0 saturated heterocycles. The highest BCUT2D eigenvalue weighted by Crippen LogP contribution is 2.36. The van der Waals surface area contributed by atoms with Crippen molar-refractivity contribution < 1.29 is 4.79 Å². The van der Waals surface area contributed by atoms with Crippen molar-refractivity contribution in [2.75, 3.05) is 6.54 Å². The van der Waals surface area contributed by atoms with Crippen LogP contribution >= 0.6 is 15.9 Å². The molecule has 4 nitrogen and oxygen atoms in total. The van der Waals surface area contributed by atoms with Crippen LogP contribution in [0.1, 0.15) is 47.4 Å². The zero-order chi connectivity index (χ0) is 16.8. The summed E-state index contributed by atoms with van der Waals surface area (Å²) in [6.45, 7) is 4.98. The van der Waals surface area contributed by atoms with Gasteiger partial charge < -0.3 is 4.90 Å². The highest BCUT2D eigenvalue weighted by Gasteiger charge is 2.32. The van der Waals surface area contributed by atoms with Crippen LogP contribution in [0.3, 0.4) is 0 Å². The first-order valence-corrected chi connectivity index (χ1v) is 8.88. The van der Waals surface area contributed by atoms with E-state index >= 15 is 0 Å². The van der Waals surface area contributed by atoms with Gasteiger partial charge in [-0.15, -0.1) is 0 Å². The third-order valence-electron chi connectivity index (χ3n) is 4.82. The van der Waals surface area contributed by atoms with E-state index in [4.69, 9.17) is 0 Å². The summed E-state index contributed by atoms with van der Waals surface area (Å²) in [5, 5.41) is 4.46. The van der Waals surface area contributed by atoms with Crippen LogP contribution in [-0.4, -0.2) is 27.0 Å². The Morgan fingerprint density at radius 2 is 1.92 bits per heavy atom. The Bertz CT molecular complexity index is 933. The van der Waals surface area contributed by atoms with Crippen LogP contribution in [0.5, 0.6) is 0 Å². The van der Waals surface area contributed by atoms with E-state index in [-0.39, 0.29) is 11.9 Å². The fourth-order valence-corrected chi connectivity index (χ4v) is 3.86. The first-order chi connectivity index (χ1) is 11.5. The summed E-state index contributed by atoms with van der Waals surface area (Å²) in [4.78, 5) is 15.0. The minimum Gasteiger partial charge on any atom is -0.330 e. The fraction of sp³-hybridized carbons (Fsp3) is 0.263. The van der Waals surface area contributed by atoms with Gasteiger partial charge in [0.1, 0.15) is 0 Å². The maximum atomic E-state index is 13.1. The van der Waals surface area contributed by atoms with Gasteiger partial charge in [-0.05, 0) is 58.1 Å². The number of nitrogens with zero attached hydrogens (tertiary/aromatic N) is 3.